The molecule has 0 spiro atoms. The normalized spacial score (nSPS) is 14.7. The quantitative estimate of drug-likeness (QED) is 0.671. The number of rotatable bonds is 6. The molecule has 1 aliphatic heterocycles. The highest BCUT2D eigenvalue weighted by atomic mass is 19.1. The summed E-state index contributed by atoms with van der Waals surface area (Å²) in [5.74, 6) is -0.252. The molecule has 142 valence electrons. The molecule has 0 bridgehead atoms. The summed E-state index contributed by atoms with van der Waals surface area (Å²) < 4.78 is 17.3. The first-order chi connectivity index (χ1) is 13.1. The van der Waals surface area contributed by atoms with Crippen LogP contribution in [0.25, 0.3) is 5.69 Å². The Morgan fingerprint density at radius 1 is 1.22 bits per heavy atom. The van der Waals surface area contributed by atoms with E-state index in [2.05, 4.69) is 39.6 Å². The van der Waals surface area contributed by atoms with E-state index < -0.39 is 0 Å². The van der Waals surface area contributed by atoms with Crippen LogP contribution in [0.3, 0.4) is 0 Å². The average Bonchev–Trinajstić information content (AvgIpc) is 3.27. The zero-order chi connectivity index (χ0) is 18.8. The Bertz CT molecular complexity index is 915. The predicted octanol–water partition coefficient (Wildman–Crippen LogP) is 2.68. The van der Waals surface area contributed by atoms with Gasteiger partial charge in [0, 0.05) is 37.9 Å². The Morgan fingerprint density at radius 2 is 2.11 bits per heavy atom. The summed E-state index contributed by atoms with van der Waals surface area (Å²) in [5.41, 5.74) is 4.26. The number of nitrogens with zero attached hydrogens (tertiary/aromatic N) is 6. The Morgan fingerprint density at radius 3 is 2.93 bits per heavy atom. The van der Waals surface area contributed by atoms with Crippen molar-refractivity contribution < 1.29 is 4.39 Å². The molecule has 0 amide bonds. The molecule has 4 rings (SSSR count). The van der Waals surface area contributed by atoms with Crippen LogP contribution >= 0.6 is 0 Å². The maximum atomic E-state index is 13.4. The standard InChI is InChI=1S/C20H25FN6/c1-3-24(2)14-18-10-20-15-25(7-8-26(20)23-18)12-16-11-22-27(13-16)19-6-4-5-17(21)9-19/h4-6,9-11,13H,3,7-8,12,14-15H2,1-2H3. The van der Waals surface area contributed by atoms with E-state index in [-0.39, 0.29) is 5.82 Å². The van der Waals surface area contributed by atoms with Gasteiger partial charge in [0.1, 0.15) is 5.82 Å². The van der Waals surface area contributed by atoms with Crippen molar-refractivity contribution in [3.63, 3.8) is 0 Å². The van der Waals surface area contributed by atoms with Gasteiger partial charge < -0.3 is 4.90 Å². The lowest BCUT2D eigenvalue weighted by atomic mass is 10.2. The number of hydrogen-bond acceptors (Lipinski definition) is 4. The second-order valence-corrected chi connectivity index (χ2v) is 7.16. The molecule has 3 heterocycles. The van der Waals surface area contributed by atoms with Crippen LogP contribution in [-0.4, -0.2) is 49.5 Å². The third-order valence-corrected chi connectivity index (χ3v) is 5.01. The van der Waals surface area contributed by atoms with Crippen LogP contribution in [-0.2, 0) is 26.2 Å². The number of halogens is 1. The molecule has 0 fully saturated rings. The lowest BCUT2D eigenvalue weighted by Crippen LogP contribution is -2.33. The van der Waals surface area contributed by atoms with Gasteiger partial charge in [0.05, 0.1) is 29.8 Å². The highest BCUT2D eigenvalue weighted by Crippen LogP contribution is 2.18. The molecule has 0 saturated heterocycles. The minimum Gasteiger partial charge on any atom is -0.301 e. The lowest BCUT2D eigenvalue weighted by Gasteiger charge is -2.26. The van der Waals surface area contributed by atoms with E-state index in [0.717, 1.165) is 56.2 Å². The van der Waals surface area contributed by atoms with Crippen LogP contribution in [0.1, 0.15) is 23.9 Å². The van der Waals surface area contributed by atoms with Gasteiger partial charge in [0.25, 0.3) is 0 Å². The molecule has 3 aromatic rings. The molecule has 6 nitrogen and oxygen atoms in total. The highest BCUT2D eigenvalue weighted by Gasteiger charge is 2.19. The van der Waals surface area contributed by atoms with Gasteiger partial charge >= 0.3 is 0 Å². The largest absolute Gasteiger partial charge is 0.301 e. The molecule has 0 aliphatic carbocycles. The van der Waals surface area contributed by atoms with Crippen molar-refractivity contribution in [3.8, 4) is 5.69 Å². The number of aromatic nitrogens is 4. The minimum absolute atomic E-state index is 0.252. The topological polar surface area (TPSA) is 42.1 Å². The number of fused-ring (bicyclic) bond motifs is 1. The molecule has 0 N–H and O–H groups in total. The molecule has 0 atom stereocenters. The first kappa shape index (κ1) is 17.9. The molecule has 27 heavy (non-hydrogen) atoms. The molecule has 0 unspecified atom stereocenters. The SMILES string of the molecule is CCN(C)Cc1cc2n(n1)CCN(Cc1cnn(-c3cccc(F)c3)c1)C2. The zero-order valence-electron chi connectivity index (χ0n) is 15.8. The van der Waals surface area contributed by atoms with Crippen LogP contribution in [0.15, 0.2) is 42.7 Å². The maximum absolute atomic E-state index is 13.4. The first-order valence-electron chi connectivity index (χ1n) is 9.36. The van der Waals surface area contributed by atoms with E-state index >= 15 is 0 Å². The maximum Gasteiger partial charge on any atom is 0.125 e. The van der Waals surface area contributed by atoms with Crippen LogP contribution in [0.2, 0.25) is 0 Å². The van der Waals surface area contributed by atoms with Gasteiger partial charge in [-0.2, -0.15) is 10.2 Å². The fourth-order valence-electron chi connectivity index (χ4n) is 3.44. The van der Waals surface area contributed by atoms with Crippen molar-refractivity contribution in [2.24, 2.45) is 0 Å². The van der Waals surface area contributed by atoms with Gasteiger partial charge in [0.2, 0.25) is 0 Å². The fourth-order valence-corrected chi connectivity index (χ4v) is 3.44. The second-order valence-electron chi connectivity index (χ2n) is 7.16. The summed E-state index contributed by atoms with van der Waals surface area (Å²) in [5, 5.41) is 9.11. The Hall–Kier alpha value is -2.51. The fraction of sp³-hybridized carbons (Fsp3) is 0.400. The van der Waals surface area contributed by atoms with Gasteiger partial charge in [-0.1, -0.05) is 13.0 Å². The molecule has 7 heteroatoms. The van der Waals surface area contributed by atoms with Crippen LogP contribution in [0, 0.1) is 5.82 Å². The molecule has 0 radical (unpaired) electrons. The van der Waals surface area contributed by atoms with E-state index in [1.165, 1.54) is 17.8 Å². The number of benzene rings is 1. The summed E-state index contributed by atoms with van der Waals surface area (Å²) in [4.78, 5) is 4.66. The van der Waals surface area contributed by atoms with E-state index in [1.807, 2.05) is 18.5 Å². The van der Waals surface area contributed by atoms with E-state index in [4.69, 9.17) is 5.10 Å². The van der Waals surface area contributed by atoms with E-state index in [9.17, 15) is 4.39 Å². The van der Waals surface area contributed by atoms with Crippen LogP contribution in [0.4, 0.5) is 4.39 Å². The van der Waals surface area contributed by atoms with Crippen molar-refractivity contribution in [3.05, 3.63) is 65.5 Å². The smallest absolute Gasteiger partial charge is 0.125 e. The zero-order valence-corrected chi connectivity index (χ0v) is 15.8. The van der Waals surface area contributed by atoms with Crippen molar-refractivity contribution in [2.75, 3.05) is 20.1 Å². The predicted molar refractivity (Wildman–Crippen MR) is 102 cm³/mol. The molecule has 1 aromatic carbocycles. The molecule has 0 saturated carbocycles. The Kier molecular flexibility index (Phi) is 5.05. The van der Waals surface area contributed by atoms with E-state index in [1.54, 1.807) is 10.7 Å². The monoisotopic (exact) mass is 368 g/mol. The Balaban J connectivity index is 1.42. The van der Waals surface area contributed by atoms with Crippen molar-refractivity contribution >= 4 is 0 Å². The molecular formula is C20H25FN6. The van der Waals surface area contributed by atoms with Gasteiger partial charge in [-0.25, -0.2) is 9.07 Å². The third-order valence-electron chi connectivity index (χ3n) is 5.01. The summed E-state index contributed by atoms with van der Waals surface area (Å²) in [6, 6.07) is 8.70. The summed E-state index contributed by atoms with van der Waals surface area (Å²) >= 11 is 0. The number of hydrogen-bond donors (Lipinski definition) is 0. The van der Waals surface area contributed by atoms with Gasteiger partial charge in [0.15, 0.2) is 0 Å². The van der Waals surface area contributed by atoms with Gasteiger partial charge in [-0.05, 0) is 37.9 Å². The molecule has 1 aliphatic rings. The van der Waals surface area contributed by atoms with Crippen molar-refractivity contribution in [1.82, 2.24) is 29.4 Å². The summed E-state index contributed by atoms with van der Waals surface area (Å²) in [6.07, 6.45) is 3.83. The second kappa shape index (κ2) is 7.62. The van der Waals surface area contributed by atoms with Gasteiger partial charge in [-0.3, -0.25) is 9.58 Å². The van der Waals surface area contributed by atoms with E-state index in [0.29, 0.717) is 0 Å². The summed E-state index contributed by atoms with van der Waals surface area (Å²) in [6.45, 7) is 7.63. The highest BCUT2D eigenvalue weighted by molar-refractivity contribution is 5.31. The van der Waals surface area contributed by atoms with Gasteiger partial charge in [-0.15, -0.1) is 0 Å². The lowest BCUT2D eigenvalue weighted by molar-refractivity contribution is 0.205. The minimum atomic E-state index is -0.252. The molecule has 2 aromatic heterocycles. The third kappa shape index (κ3) is 4.09. The first-order valence-corrected chi connectivity index (χ1v) is 9.36. The Labute approximate surface area is 158 Å². The van der Waals surface area contributed by atoms with Crippen LogP contribution < -0.4 is 0 Å². The van der Waals surface area contributed by atoms with Crippen LogP contribution in [0.5, 0.6) is 0 Å². The van der Waals surface area contributed by atoms with Crippen molar-refractivity contribution in [2.45, 2.75) is 33.1 Å². The van der Waals surface area contributed by atoms with Crippen molar-refractivity contribution in [1.29, 1.82) is 0 Å². The molecular weight excluding hydrogens is 343 g/mol. The summed E-state index contributed by atoms with van der Waals surface area (Å²) in [7, 11) is 2.11. The average molecular weight is 368 g/mol.